The van der Waals surface area contributed by atoms with Crippen LogP contribution in [0.1, 0.15) is 52.7 Å². The maximum Gasteiger partial charge on any atom is 0.227 e. The lowest BCUT2D eigenvalue weighted by molar-refractivity contribution is -0.128. The van der Waals surface area contributed by atoms with Crippen molar-refractivity contribution in [3.05, 3.63) is 11.6 Å². The van der Waals surface area contributed by atoms with E-state index in [2.05, 4.69) is 37.9 Å². The predicted molar refractivity (Wildman–Crippen MR) is 103 cm³/mol. The fourth-order valence-corrected chi connectivity index (χ4v) is 2.89. The molecule has 0 spiro atoms. The van der Waals surface area contributed by atoms with Crippen LogP contribution < -0.4 is 16.0 Å². The van der Waals surface area contributed by atoms with Gasteiger partial charge < -0.3 is 16.0 Å². The summed E-state index contributed by atoms with van der Waals surface area (Å²) in [6.07, 6.45) is 2.76. The standard InChI is InChI=1S/C18H33N7O/c1-6-14-23-15-10-9-13(11-25(15)24-14)22-17(20-8-3)21-12-18(4,5)16(26)19-7-2/h13H,6-12H2,1-5H3,(H,19,26)(H2,20,21,22). The first-order valence-electron chi connectivity index (χ1n) is 9.65. The molecule has 0 radical (unpaired) electrons. The molecule has 8 heteroatoms. The zero-order chi connectivity index (χ0) is 19.2. The number of carbonyl (C=O) groups excluding carboxylic acids is 1. The summed E-state index contributed by atoms with van der Waals surface area (Å²) in [5.74, 6) is 2.75. The van der Waals surface area contributed by atoms with Gasteiger partial charge in [-0.2, -0.15) is 5.10 Å². The van der Waals surface area contributed by atoms with E-state index in [9.17, 15) is 4.79 Å². The summed E-state index contributed by atoms with van der Waals surface area (Å²) in [5, 5.41) is 14.2. The molecule has 1 aliphatic heterocycles. The first-order valence-corrected chi connectivity index (χ1v) is 9.65. The number of amides is 1. The average Bonchev–Trinajstić information content (AvgIpc) is 3.02. The number of nitrogens with zero attached hydrogens (tertiary/aromatic N) is 4. The topological polar surface area (TPSA) is 96.2 Å². The Hall–Kier alpha value is -2.12. The number of nitrogens with one attached hydrogen (secondary N) is 3. The molecular formula is C18H33N7O. The largest absolute Gasteiger partial charge is 0.357 e. The molecule has 0 saturated heterocycles. The van der Waals surface area contributed by atoms with Gasteiger partial charge in [0.2, 0.25) is 5.91 Å². The Balaban J connectivity index is 2.00. The van der Waals surface area contributed by atoms with E-state index in [1.54, 1.807) is 0 Å². The molecule has 2 rings (SSSR count). The van der Waals surface area contributed by atoms with Crippen LogP contribution in [0.3, 0.4) is 0 Å². The number of aryl methyl sites for hydroxylation is 2. The van der Waals surface area contributed by atoms with Gasteiger partial charge in [-0.05, 0) is 34.1 Å². The summed E-state index contributed by atoms with van der Waals surface area (Å²) < 4.78 is 2.00. The number of carbonyl (C=O) groups is 1. The lowest BCUT2D eigenvalue weighted by Crippen LogP contribution is -2.48. The average molecular weight is 364 g/mol. The molecule has 1 aliphatic rings. The minimum Gasteiger partial charge on any atom is -0.357 e. The van der Waals surface area contributed by atoms with Crippen molar-refractivity contribution < 1.29 is 4.79 Å². The fourth-order valence-electron chi connectivity index (χ4n) is 2.89. The maximum atomic E-state index is 12.2. The number of hydrogen-bond acceptors (Lipinski definition) is 4. The van der Waals surface area contributed by atoms with Gasteiger partial charge in [0.15, 0.2) is 11.8 Å². The molecule has 26 heavy (non-hydrogen) atoms. The molecule has 1 aromatic heterocycles. The zero-order valence-electron chi connectivity index (χ0n) is 16.7. The first-order chi connectivity index (χ1) is 12.4. The van der Waals surface area contributed by atoms with Crippen molar-refractivity contribution in [3.63, 3.8) is 0 Å². The van der Waals surface area contributed by atoms with Gasteiger partial charge in [0.25, 0.3) is 0 Å². The monoisotopic (exact) mass is 363 g/mol. The summed E-state index contributed by atoms with van der Waals surface area (Å²) in [7, 11) is 0. The minimum atomic E-state index is -0.542. The normalized spacial score (nSPS) is 17.6. The van der Waals surface area contributed by atoms with Gasteiger partial charge in [-0.15, -0.1) is 0 Å². The predicted octanol–water partition coefficient (Wildman–Crippen LogP) is 0.873. The summed E-state index contributed by atoms with van der Waals surface area (Å²) >= 11 is 0. The number of aliphatic imine (C=N–C) groups is 1. The third-order valence-corrected chi connectivity index (χ3v) is 4.49. The fraction of sp³-hybridized carbons (Fsp3) is 0.778. The highest BCUT2D eigenvalue weighted by molar-refractivity contribution is 5.83. The van der Waals surface area contributed by atoms with Crippen molar-refractivity contribution in [2.24, 2.45) is 10.4 Å². The molecule has 0 saturated carbocycles. The maximum absolute atomic E-state index is 12.2. The van der Waals surface area contributed by atoms with E-state index < -0.39 is 5.41 Å². The third kappa shape index (κ3) is 5.19. The molecule has 1 unspecified atom stereocenters. The number of aromatic nitrogens is 3. The molecule has 0 aromatic carbocycles. The van der Waals surface area contributed by atoms with E-state index in [4.69, 9.17) is 0 Å². The molecule has 3 N–H and O–H groups in total. The molecule has 0 aliphatic carbocycles. The van der Waals surface area contributed by atoms with E-state index in [1.165, 1.54) is 0 Å². The Labute approximate surface area is 156 Å². The van der Waals surface area contributed by atoms with Crippen molar-refractivity contribution in [3.8, 4) is 0 Å². The molecule has 0 fully saturated rings. The molecule has 0 bridgehead atoms. The second kappa shape index (κ2) is 9.00. The van der Waals surface area contributed by atoms with E-state index in [0.29, 0.717) is 13.1 Å². The van der Waals surface area contributed by atoms with Crippen molar-refractivity contribution in [2.75, 3.05) is 19.6 Å². The highest BCUT2D eigenvalue weighted by Gasteiger charge is 2.27. The minimum absolute atomic E-state index is 0.0246. The lowest BCUT2D eigenvalue weighted by atomic mass is 9.92. The SMILES string of the molecule is CCNC(=O)C(C)(C)CN=C(NCC)NC1CCc2nc(CC)nn2C1. The van der Waals surface area contributed by atoms with Gasteiger partial charge >= 0.3 is 0 Å². The van der Waals surface area contributed by atoms with Crippen LogP contribution in [0, 0.1) is 5.41 Å². The third-order valence-electron chi connectivity index (χ3n) is 4.49. The second-order valence-corrected chi connectivity index (χ2v) is 7.30. The second-order valence-electron chi connectivity index (χ2n) is 7.30. The molecule has 146 valence electrons. The van der Waals surface area contributed by atoms with Gasteiger partial charge in [0, 0.05) is 32.0 Å². The van der Waals surface area contributed by atoms with Gasteiger partial charge in [0.05, 0.1) is 18.5 Å². The smallest absolute Gasteiger partial charge is 0.227 e. The van der Waals surface area contributed by atoms with Crippen LogP contribution in [0.5, 0.6) is 0 Å². The van der Waals surface area contributed by atoms with Crippen LogP contribution >= 0.6 is 0 Å². The molecule has 2 heterocycles. The highest BCUT2D eigenvalue weighted by atomic mass is 16.2. The van der Waals surface area contributed by atoms with Crippen molar-refractivity contribution in [2.45, 2.75) is 66.5 Å². The van der Waals surface area contributed by atoms with Crippen LogP contribution in [0.2, 0.25) is 0 Å². The Morgan fingerprint density at radius 1 is 1.27 bits per heavy atom. The highest BCUT2D eigenvalue weighted by Crippen LogP contribution is 2.16. The van der Waals surface area contributed by atoms with Gasteiger partial charge in [0.1, 0.15) is 5.82 Å². The van der Waals surface area contributed by atoms with E-state index in [0.717, 1.165) is 50.0 Å². The van der Waals surface area contributed by atoms with Crippen LogP contribution in [0.25, 0.3) is 0 Å². The van der Waals surface area contributed by atoms with Crippen molar-refractivity contribution >= 4 is 11.9 Å². The van der Waals surface area contributed by atoms with Crippen molar-refractivity contribution in [1.29, 1.82) is 0 Å². The number of hydrogen-bond donors (Lipinski definition) is 3. The Bertz CT molecular complexity index is 635. The molecular weight excluding hydrogens is 330 g/mol. The summed E-state index contributed by atoms with van der Waals surface area (Å²) in [6, 6.07) is 0.249. The van der Waals surface area contributed by atoms with Gasteiger partial charge in [-0.1, -0.05) is 6.92 Å². The summed E-state index contributed by atoms with van der Waals surface area (Å²) in [5.41, 5.74) is -0.542. The Morgan fingerprint density at radius 2 is 2.00 bits per heavy atom. The van der Waals surface area contributed by atoms with E-state index in [1.807, 2.05) is 32.4 Å². The van der Waals surface area contributed by atoms with Gasteiger partial charge in [-0.3, -0.25) is 9.79 Å². The number of fused-ring (bicyclic) bond motifs is 1. The lowest BCUT2D eigenvalue weighted by Gasteiger charge is -2.26. The Kier molecular flexibility index (Phi) is 6.99. The molecule has 8 nitrogen and oxygen atoms in total. The van der Waals surface area contributed by atoms with Crippen molar-refractivity contribution in [1.82, 2.24) is 30.7 Å². The molecule has 1 amide bonds. The first kappa shape index (κ1) is 20.2. The quantitative estimate of drug-likeness (QED) is 0.493. The van der Waals surface area contributed by atoms with Crippen LogP contribution in [-0.2, 0) is 24.2 Å². The van der Waals surface area contributed by atoms with Crippen LogP contribution in [0.15, 0.2) is 4.99 Å². The van der Waals surface area contributed by atoms with Crippen LogP contribution in [0.4, 0.5) is 0 Å². The summed E-state index contributed by atoms with van der Waals surface area (Å²) in [6.45, 7) is 12.5. The molecule has 1 aromatic rings. The summed E-state index contributed by atoms with van der Waals surface area (Å²) in [4.78, 5) is 21.4. The number of guanidine groups is 1. The van der Waals surface area contributed by atoms with Gasteiger partial charge in [-0.25, -0.2) is 9.67 Å². The molecule has 1 atom stereocenters. The van der Waals surface area contributed by atoms with E-state index >= 15 is 0 Å². The van der Waals surface area contributed by atoms with Crippen LogP contribution in [-0.4, -0.2) is 52.3 Å². The van der Waals surface area contributed by atoms with E-state index in [-0.39, 0.29) is 11.9 Å². The zero-order valence-corrected chi connectivity index (χ0v) is 16.7. The Morgan fingerprint density at radius 3 is 2.65 bits per heavy atom. The number of rotatable bonds is 7.